The highest BCUT2D eigenvalue weighted by molar-refractivity contribution is 7.89. The van der Waals surface area contributed by atoms with Crippen LogP contribution in [-0.2, 0) is 34.3 Å². The second-order valence-electron chi connectivity index (χ2n) is 12.8. The summed E-state index contributed by atoms with van der Waals surface area (Å²) in [6.07, 6.45) is 0.687. The van der Waals surface area contributed by atoms with E-state index in [2.05, 4.69) is 17.2 Å². The minimum absolute atomic E-state index is 0.133. The standard InChI is InChI=1S/C34H42N4O5S/c1-9-38-32-28(43-8)17-27(23(5)31(32)35-36-38)30(34(6,7)33(39)40)24-12-11-22(4)26(16-24)19-37-18-21(3)15-25-14-20(2)10-13-29(25)44(37,41)42/h10-14,16-17,21,30H,9,15,18-19H2,1-8H3,(H,39,40)/t21-,30-/m0/s1. The maximum Gasteiger partial charge on any atom is 0.310 e. The molecule has 0 fully saturated rings. The van der Waals surface area contributed by atoms with E-state index >= 15 is 0 Å². The molecule has 0 amide bonds. The SMILES string of the molecule is CCn1nnc2c(C)c([C@H](c3ccc(C)c(CN4C[C@@H](C)Cc5cc(C)ccc5S4(=O)=O)c3)C(C)(C)C(=O)O)cc(OC)c21. The molecular weight excluding hydrogens is 576 g/mol. The van der Waals surface area contributed by atoms with Gasteiger partial charge in [0.05, 0.1) is 17.4 Å². The molecule has 2 atom stereocenters. The van der Waals surface area contributed by atoms with Gasteiger partial charge in [0.2, 0.25) is 10.0 Å². The van der Waals surface area contributed by atoms with Crippen LogP contribution in [0.15, 0.2) is 47.4 Å². The average Bonchev–Trinajstić information content (AvgIpc) is 3.36. The molecule has 0 radical (unpaired) electrons. The number of fused-ring (bicyclic) bond motifs is 2. The van der Waals surface area contributed by atoms with Crippen LogP contribution in [0.3, 0.4) is 0 Å². The van der Waals surface area contributed by atoms with Gasteiger partial charge in [0.1, 0.15) is 16.8 Å². The predicted molar refractivity (Wildman–Crippen MR) is 171 cm³/mol. The van der Waals surface area contributed by atoms with Crippen LogP contribution in [0, 0.1) is 32.1 Å². The number of carboxylic acid groups (broad SMARTS) is 1. The Morgan fingerprint density at radius 3 is 2.52 bits per heavy atom. The first-order chi connectivity index (χ1) is 20.7. The fourth-order valence-corrected chi connectivity index (χ4v) is 8.33. The molecule has 0 aliphatic carbocycles. The van der Waals surface area contributed by atoms with Gasteiger partial charge < -0.3 is 9.84 Å². The van der Waals surface area contributed by atoms with E-state index in [1.54, 1.807) is 36.0 Å². The van der Waals surface area contributed by atoms with E-state index in [0.29, 0.717) is 35.7 Å². The van der Waals surface area contributed by atoms with Gasteiger partial charge in [-0.3, -0.25) is 4.79 Å². The molecule has 0 spiro atoms. The minimum Gasteiger partial charge on any atom is -0.494 e. The second-order valence-corrected chi connectivity index (χ2v) is 14.7. The normalized spacial score (nSPS) is 17.7. The highest BCUT2D eigenvalue weighted by Gasteiger charge is 2.41. The van der Waals surface area contributed by atoms with Crippen LogP contribution in [0.25, 0.3) is 11.0 Å². The van der Waals surface area contributed by atoms with Crippen molar-refractivity contribution in [1.82, 2.24) is 19.3 Å². The Hall–Kier alpha value is -3.76. The fourth-order valence-electron chi connectivity index (χ4n) is 6.57. The molecule has 2 heterocycles. The number of methoxy groups -OCH3 is 1. The Morgan fingerprint density at radius 2 is 1.86 bits per heavy atom. The first-order valence-corrected chi connectivity index (χ1v) is 16.5. The molecule has 9 nitrogen and oxygen atoms in total. The summed E-state index contributed by atoms with van der Waals surface area (Å²) in [5.41, 5.74) is 6.26. The number of nitrogens with zero attached hydrogens (tertiary/aromatic N) is 4. The van der Waals surface area contributed by atoms with Crippen molar-refractivity contribution in [2.75, 3.05) is 13.7 Å². The fraction of sp³-hybridized carbons (Fsp3) is 0.441. The molecule has 0 saturated carbocycles. The molecule has 1 aromatic heterocycles. The lowest BCUT2D eigenvalue weighted by molar-refractivity contribution is -0.147. The second kappa shape index (κ2) is 11.6. The molecule has 1 N–H and O–H groups in total. The van der Waals surface area contributed by atoms with E-state index in [4.69, 9.17) is 4.74 Å². The predicted octanol–water partition coefficient (Wildman–Crippen LogP) is 6.01. The quantitative estimate of drug-likeness (QED) is 0.257. The molecule has 44 heavy (non-hydrogen) atoms. The van der Waals surface area contributed by atoms with Gasteiger partial charge in [0.15, 0.2) is 0 Å². The van der Waals surface area contributed by atoms with Crippen molar-refractivity contribution in [2.24, 2.45) is 11.3 Å². The van der Waals surface area contributed by atoms with Gasteiger partial charge in [0.25, 0.3) is 0 Å². The molecule has 0 bridgehead atoms. The Balaban J connectivity index is 1.65. The summed E-state index contributed by atoms with van der Waals surface area (Å²) in [6.45, 7) is 14.6. The number of benzene rings is 3. The van der Waals surface area contributed by atoms with Crippen molar-refractivity contribution >= 4 is 27.0 Å². The summed E-state index contributed by atoms with van der Waals surface area (Å²) in [5.74, 6) is -0.832. The molecule has 234 valence electrons. The molecule has 0 saturated heterocycles. The van der Waals surface area contributed by atoms with Gasteiger partial charge in [-0.15, -0.1) is 5.10 Å². The molecular formula is C34H42N4O5S. The number of carboxylic acids is 1. The number of aryl methyl sites for hydroxylation is 4. The number of hydrogen-bond donors (Lipinski definition) is 1. The van der Waals surface area contributed by atoms with Gasteiger partial charge in [-0.1, -0.05) is 48.0 Å². The van der Waals surface area contributed by atoms with Gasteiger partial charge in [-0.2, -0.15) is 4.31 Å². The number of aliphatic carboxylic acids is 1. The number of sulfonamides is 1. The zero-order chi connectivity index (χ0) is 32.1. The molecule has 5 rings (SSSR count). The van der Waals surface area contributed by atoms with Crippen molar-refractivity contribution in [3.05, 3.63) is 81.4 Å². The highest BCUT2D eigenvalue weighted by atomic mass is 32.2. The largest absolute Gasteiger partial charge is 0.494 e. The van der Waals surface area contributed by atoms with E-state index in [1.165, 1.54) is 0 Å². The van der Waals surface area contributed by atoms with Crippen LogP contribution < -0.4 is 4.74 Å². The Labute approximate surface area is 259 Å². The van der Waals surface area contributed by atoms with E-state index in [-0.39, 0.29) is 12.5 Å². The lowest BCUT2D eigenvalue weighted by Crippen LogP contribution is -2.34. The van der Waals surface area contributed by atoms with Gasteiger partial charge in [0, 0.05) is 25.6 Å². The number of carbonyl (C=O) groups is 1. The third-order valence-corrected chi connectivity index (χ3v) is 11.0. The van der Waals surface area contributed by atoms with Crippen molar-refractivity contribution in [2.45, 2.75) is 78.8 Å². The van der Waals surface area contributed by atoms with E-state index in [0.717, 1.165) is 44.5 Å². The molecule has 4 aromatic rings. The van der Waals surface area contributed by atoms with E-state index in [1.807, 2.05) is 64.1 Å². The number of rotatable bonds is 8. The van der Waals surface area contributed by atoms with Crippen molar-refractivity contribution < 1.29 is 23.1 Å². The molecule has 3 aromatic carbocycles. The zero-order valence-corrected chi connectivity index (χ0v) is 27.6. The van der Waals surface area contributed by atoms with Gasteiger partial charge in [-0.25, -0.2) is 13.1 Å². The van der Waals surface area contributed by atoms with Crippen LogP contribution >= 0.6 is 0 Å². The number of ether oxygens (including phenoxy) is 1. The van der Waals surface area contributed by atoms with Crippen LogP contribution in [0.5, 0.6) is 5.75 Å². The van der Waals surface area contributed by atoms with E-state index < -0.39 is 27.3 Å². The summed E-state index contributed by atoms with van der Waals surface area (Å²) < 4.78 is 37.1. The third kappa shape index (κ3) is 5.38. The summed E-state index contributed by atoms with van der Waals surface area (Å²) >= 11 is 0. The van der Waals surface area contributed by atoms with Crippen LogP contribution in [0.4, 0.5) is 0 Å². The summed E-state index contributed by atoms with van der Waals surface area (Å²) in [4.78, 5) is 13.2. The Bertz CT molecular complexity index is 1860. The van der Waals surface area contributed by atoms with Crippen LogP contribution in [0.2, 0.25) is 0 Å². The summed E-state index contributed by atoms with van der Waals surface area (Å²) in [6, 6.07) is 13.3. The van der Waals surface area contributed by atoms with E-state index in [9.17, 15) is 18.3 Å². The molecule has 1 aliphatic heterocycles. The topological polar surface area (TPSA) is 115 Å². The Kier molecular flexibility index (Phi) is 8.37. The number of aromatic nitrogens is 3. The lowest BCUT2D eigenvalue weighted by Gasteiger charge is -2.33. The zero-order valence-electron chi connectivity index (χ0n) is 26.8. The number of hydrogen-bond acceptors (Lipinski definition) is 6. The monoisotopic (exact) mass is 618 g/mol. The van der Waals surface area contributed by atoms with Gasteiger partial charge >= 0.3 is 5.97 Å². The minimum atomic E-state index is -3.75. The molecule has 1 aliphatic rings. The maximum absolute atomic E-state index is 14.0. The Morgan fingerprint density at radius 1 is 1.14 bits per heavy atom. The summed E-state index contributed by atoms with van der Waals surface area (Å²) in [5, 5.41) is 19.2. The van der Waals surface area contributed by atoms with Crippen LogP contribution in [-0.4, -0.2) is 52.4 Å². The van der Waals surface area contributed by atoms with Crippen molar-refractivity contribution in [1.29, 1.82) is 0 Å². The first kappa shape index (κ1) is 31.7. The smallest absolute Gasteiger partial charge is 0.310 e. The van der Waals surface area contributed by atoms with Crippen molar-refractivity contribution in [3.63, 3.8) is 0 Å². The lowest BCUT2D eigenvalue weighted by atomic mass is 9.69. The maximum atomic E-state index is 14.0. The first-order valence-electron chi connectivity index (χ1n) is 15.0. The van der Waals surface area contributed by atoms with Crippen LogP contribution in [0.1, 0.15) is 72.6 Å². The van der Waals surface area contributed by atoms with Crippen molar-refractivity contribution in [3.8, 4) is 5.75 Å². The van der Waals surface area contributed by atoms with Gasteiger partial charge in [-0.05, 0) is 99.4 Å². The molecule has 10 heteroatoms. The third-order valence-electron chi connectivity index (χ3n) is 9.12. The highest BCUT2D eigenvalue weighted by Crippen LogP contribution is 2.46. The molecule has 0 unspecified atom stereocenters. The average molecular weight is 619 g/mol. The summed E-state index contributed by atoms with van der Waals surface area (Å²) in [7, 11) is -2.16.